The molecule has 1 aliphatic carbocycles. The maximum atomic E-state index is 11.1. The van der Waals surface area contributed by atoms with Crippen LogP contribution in [0.1, 0.15) is 25.7 Å². The standard InChI is InChI=1S/C13H20N2O2S/c1-18(16,17)15-13-8-4-7-12(9-13)14-10-11-5-2-3-6-11/h4,7-9,11,14-15H,2-3,5-6,10H2,1H3. The number of nitrogens with one attached hydrogen (secondary N) is 2. The summed E-state index contributed by atoms with van der Waals surface area (Å²) in [6, 6.07) is 7.39. The van der Waals surface area contributed by atoms with Gasteiger partial charge in [0.05, 0.1) is 11.9 Å². The first-order chi connectivity index (χ1) is 8.53. The van der Waals surface area contributed by atoms with E-state index in [9.17, 15) is 8.42 Å². The first-order valence-corrected chi connectivity index (χ1v) is 8.24. The molecule has 0 amide bonds. The lowest BCUT2D eigenvalue weighted by Crippen LogP contribution is -2.12. The van der Waals surface area contributed by atoms with Crippen molar-refractivity contribution in [2.45, 2.75) is 25.7 Å². The predicted molar refractivity (Wildman–Crippen MR) is 75.4 cm³/mol. The van der Waals surface area contributed by atoms with Crippen LogP contribution >= 0.6 is 0 Å². The zero-order valence-electron chi connectivity index (χ0n) is 10.6. The summed E-state index contributed by atoms with van der Waals surface area (Å²) < 4.78 is 24.8. The number of sulfonamides is 1. The molecule has 4 nitrogen and oxygen atoms in total. The Morgan fingerprint density at radius 1 is 1.22 bits per heavy atom. The van der Waals surface area contributed by atoms with E-state index in [4.69, 9.17) is 0 Å². The molecule has 0 atom stereocenters. The Balaban J connectivity index is 1.94. The Bertz CT molecular complexity index is 493. The van der Waals surface area contributed by atoms with E-state index in [2.05, 4.69) is 10.0 Å². The minimum absolute atomic E-state index is 0.605. The van der Waals surface area contributed by atoms with E-state index in [1.54, 1.807) is 6.07 Å². The molecule has 0 heterocycles. The highest BCUT2D eigenvalue weighted by Gasteiger charge is 2.14. The molecule has 1 aromatic rings. The minimum Gasteiger partial charge on any atom is -0.385 e. The van der Waals surface area contributed by atoms with Gasteiger partial charge >= 0.3 is 0 Å². The summed E-state index contributed by atoms with van der Waals surface area (Å²) in [4.78, 5) is 0. The Labute approximate surface area is 109 Å². The fraction of sp³-hybridized carbons (Fsp3) is 0.538. The molecule has 100 valence electrons. The third-order valence-electron chi connectivity index (χ3n) is 3.24. The average molecular weight is 268 g/mol. The summed E-state index contributed by atoms with van der Waals surface area (Å²) in [5, 5.41) is 3.38. The van der Waals surface area contributed by atoms with Gasteiger partial charge in [0.2, 0.25) is 10.0 Å². The molecule has 0 aliphatic heterocycles. The van der Waals surface area contributed by atoms with Gasteiger partial charge in [0, 0.05) is 12.2 Å². The van der Waals surface area contributed by atoms with Gasteiger partial charge in [0.15, 0.2) is 0 Å². The molecule has 2 rings (SSSR count). The van der Waals surface area contributed by atoms with Crippen LogP contribution in [-0.4, -0.2) is 21.2 Å². The average Bonchev–Trinajstić information content (AvgIpc) is 2.77. The first kappa shape index (κ1) is 13.2. The molecule has 0 radical (unpaired) electrons. The maximum absolute atomic E-state index is 11.1. The third kappa shape index (κ3) is 4.22. The van der Waals surface area contributed by atoms with Gasteiger partial charge < -0.3 is 5.32 Å². The van der Waals surface area contributed by atoms with E-state index in [0.29, 0.717) is 5.69 Å². The van der Waals surface area contributed by atoms with Crippen molar-refractivity contribution >= 4 is 21.4 Å². The number of hydrogen-bond donors (Lipinski definition) is 2. The summed E-state index contributed by atoms with van der Waals surface area (Å²) in [7, 11) is -3.20. The molecule has 0 unspecified atom stereocenters. The van der Waals surface area contributed by atoms with Gasteiger partial charge in [-0.05, 0) is 37.0 Å². The molecule has 0 saturated heterocycles. The van der Waals surface area contributed by atoms with E-state index in [-0.39, 0.29) is 0 Å². The van der Waals surface area contributed by atoms with Gasteiger partial charge in [-0.15, -0.1) is 0 Å². The zero-order valence-corrected chi connectivity index (χ0v) is 11.5. The van der Waals surface area contributed by atoms with E-state index in [0.717, 1.165) is 24.4 Å². The van der Waals surface area contributed by atoms with Crippen LogP contribution in [-0.2, 0) is 10.0 Å². The van der Waals surface area contributed by atoms with Crippen molar-refractivity contribution in [3.05, 3.63) is 24.3 Å². The van der Waals surface area contributed by atoms with Gasteiger partial charge in [0.1, 0.15) is 0 Å². The van der Waals surface area contributed by atoms with Crippen LogP contribution in [0.15, 0.2) is 24.3 Å². The summed E-state index contributed by atoms with van der Waals surface area (Å²) in [6.07, 6.45) is 6.43. The second-order valence-electron chi connectivity index (χ2n) is 4.99. The van der Waals surface area contributed by atoms with Crippen molar-refractivity contribution in [3.63, 3.8) is 0 Å². The summed E-state index contributed by atoms with van der Waals surface area (Å²) in [5.41, 5.74) is 1.57. The zero-order chi connectivity index (χ0) is 13.0. The van der Waals surface area contributed by atoms with Crippen molar-refractivity contribution < 1.29 is 8.42 Å². The molecule has 1 aromatic carbocycles. The molecule has 0 spiro atoms. The SMILES string of the molecule is CS(=O)(=O)Nc1cccc(NCC2CCCC2)c1. The van der Waals surface area contributed by atoms with Gasteiger partial charge in [-0.1, -0.05) is 18.9 Å². The van der Waals surface area contributed by atoms with E-state index in [1.165, 1.54) is 25.7 Å². The van der Waals surface area contributed by atoms with Gasteiger partial charge in [0.25, 0.3) is 0 Å². The quantitative estimate of drug-likeness (QED) is 0.863. The lowest BCUT2D eigenvalue weighted by molar-refractivity contribution is 0.580. The smallest absolute Gasteiger partial charge is 0.229 e. The molecule has 1 aliphatic rings. The van der Waals surface area contributed by atoms with Gasteiger partial charge in [-0.2, -0.15) is 0 Å². The number of rotatable bonds is 5. The van der Waals surface area contributed by atoms with Crippen molar-refractivity contribution in [1.29, 1.82) is 0 Å². The Morgan fingerprint density at radius 3 is 2.56 bits per heavy atom. The lowest BCUT2D eigenvalue weighted by atomic mass is 10.1. The molecular weight excluding hydrogens is 248 g/mol. The van der Waals surface area contributed by atoms with Crippen molar-refractivity contribution in [2.24, 2.45) is 5.92 Å². The first-order valence-electron chi connectivity index (χ1n) is 6.35. The molecule has 0 aromatic heterocycles. The second kappa shape index (κ2) is 5.61. The molecule has 2 N–H and O–H groups in total. The molecule has 18 heavy (non-hydrogen) atoms. The topological polar surface area (TPSA) is 58.2 Å². The molecule has 5 heteroatoms. The minimum atomic E-state index is -3.20. The monoisotopic (exact) mass is 268 g/mol. The fourth-order valence-electron chi connectivity index (χ4n) is 2.38. The highest BCUT2D eigenvalue weighted by Crippen LogP contribution is 2.25. The molecule has 1 saturated carbocycles. The summed E-state index contributed by atoms with van der Waals surface area (Å²) >= 11 is 0. The van der Waals surface area contributed by atoms with Gasteiger partial charge in [-0.25, -0.2) is 8.42 Å². The molecule has 0 bridgehead atoms. The van der Waals surface area contributed by atoms with Crippen LogP contribution in [0.4, 0.5) is 11.4 Å². The normalized spacial score (nSPS) is 16.7. The van der Waals surface area contributed by atoms with E-state index >= 15 is 0 Å². The summed E-state index contributed by atoms with van der Waals surface area (Å²) in [5.74, 6) is 0.761. The van der Waals surface area contributed by atoms with Crippen LogP contribution in [0.25, 0.3) is 0 Å². The highest BCUT2D eigenvalue weighted by atomic mass is 32.2. The van der Waals surface area contributed by atoms with Crippen LogP contribution < -0.4 is 10.0 Å². The highest BCUT2D eigenvalue weighted by molar-refractivity contribution is 7.92. The van der Waals surface area contributed by atoms with Crippen molar-refractivity contribution in [1.82, 2.24) is 0 Å². The van der Waals surface area contributed by atoms with Crippen LogP contribution in [0, 0.1) is 5.92 Å². The Hall–Kier alpha value is -1.23. The third-order valence-corrected chi connectivity index (χ3v) is 3.84. The molecule has 1 fully saturated rings. The van der Waals surface area contributed by atoms with E-state index < -0.39 is 10.0 Å². The van der Waals surface area contributed by atoms with Gasteiger partial charge in [-0.3, -0.25) is 4.72 Å². The predicted octanol–water partition coefficient (Wildman–Crippen LogP) is 2.66. The number of hydrogen-bond acceptors (Lipinski definition) is 3. The summed E-state index contributed by atoms with van der Waals surface area (Å²) in [6.45, 7) is 0.975. The van der Waals surface area contributed by atoms with Crippen molar-refractivity contribution in [2.75, 3.05) is 22.8 Å². The van der Waals surface area contributed by atoms with Crippen LogP contribution in [0.5, 0.6) is 0 Å². The number of benzene rings is 1. The molecular formula is C13H20N2O2S. The maximum Gasteiger partial charge on any atom is 0.229 e. The fourth-order valence-corrected chi connectivity index (χ4v) is 2.94. The van der Waals surface area contributed by atoms with E-state index in [1.807, 2.05) is 18.2 Å². The van der Waals surface area contributed by atoms with Crippen LogP contribution in [0.3, 0.4) is 0 Å². The lowest BCUT2D eigenvalue weighted by Gasteiger charge is -2.13. The van der Waals surface area contributed by atoms with Crippen LogP contribution in [0.2, 0.25) is 0 Å². The second-order valence-corrected chi connectivity index (χ2v) is 6.73. The number of anilines is 2. The Morgan fingerprint density at radius 2 is 1.89 bits per heavy atom. The van der Waals surface area contributed by atoms with Crippen molar-refractivity contribution in [3.8, 4) is 0 Å². The Kier molecular flexibility index (Phi) is 4.11. The largest absolute Gasteiger partial charge is 0.385 e.